The normalized spacial score (nSPS) is 14.1. The average Bonchev–Trinajstić information content (AvgIpc) is 2.01. The van der Waals surface area contributed by atoms with Crippen LogP contribution < -0.4 is 4.92 Å². The van der Waals surface area contributed by atoms with E-state index in [1.165, 1.54) is 16.4 Å². The molecule has 1 aromatic rings. The first-order chi connectivity index (χ1) is 6.21. The third-order valence-corrected chi connectivity index (χ3v) is 9.28. The second-order valence-corrected chi connectivity index (χ2v) is 13.7. The minimum absolute atomic E-state index is 0.360. The van der Waals surface area contributed by atoms with Crippen molar-refractivity contribution in [3.05, 3.63) is 16.9 Å². The van der Waals surface area contributed by atoms with E-state index in [4.69, 9.17) is 0 Å². The Morgan fingerprint density at radius 2 is 1.71 bits per heavy atom. The summed E-state index contributed by atoms with van der Waals surface area (Å²) < 4.78 is 0. The highest BCUT2D eigenvalue weighted by molar-refractivity contribution is 7.52. The minimum Gasteiger partial charge on any atom is -0.0683 e. The van der Waals surface area contributed by atoms with Gasteiger partial charge >= 0.3 is 0 Å². The minimum atomic E-state index is -1.08. The molecule has 78 valence electrons. The van der Waals surface area contributed by atoms with Crippen LogP contribution in [0.5, 0.6) is 0 Å². The lowest BCUT2D eigenvalue weighted by atomic mass is 10.0. The van der Waals surface area contributed by atoms with E-state index in [1.807, 2.05) is 0 Å². The van der Waals surface area contributed by atoms with Gasteiger partial charge in [-0.1, -0.05) is 62.9 Å². The Morgan fingerprint density at radius 3 is 2.14 bits per heavy atom. The molecule has 3 heteroatoms. The monoisotopic (exact) mass is 242 g/mol. The summed E-state index contributed by atoms with van der Waals surface area (Å²) in [5, 5.41) is 1.65. The van der Waals surface area contributed by atoms with Crippen LogP contribution in [0.1, 0.15) is 25.8 Å². The summed E-state index contributed by atoms with van der Waals surface area (Å²) in [5.41, 5.74) is 0.360. The van der Waals surface area contributed by atoms with Crippen molar-refractivity contribution in [1.82, 2.24) is 0 Å². The zero-order valence-electron chi connectivity index (χ0n) is 10.0. The molecule has 0 nitrogen and oxygen atoms in total. The molecule has 0 amide bonds. The van der Waals surface area contributed by atoms with Crippen molar-refractivity contribution >= 4 is 29.4 Å². The van der Waals surface area contributed by atoms with Gasteiger partial charge in [-0.2, -0.15) is 0 Å². The Hall–Kier alpha value is 0.297. The molecule has 0 saturated carbocycles. The van der Waals surface area contributed by atoms with Crippen molar-refractivity contribution in [3.63, 3.8) is 0 Å². The van der Waals surface area contributed by atoms with Crippen LogP contribution >= 0.6 is 16.4 Å². The van der Waals surface area contributed by atoms with Crippen LogP contribution in [-0.2, 0) is 5.41 Å². The van der Waals surface area contributed by atoms with E-state index < -0.39 is 8.07 Å². The fourth-order valence-electron chi connectivity index (χ4n) is 1.14. The fourth-order valence-corrected chi connectivity index (χ4v) is 6.16. The summed E-state index contributed by atoms with van der Waals surface area (Å²) in [6.45, 7) is 14.3. The molecule has 0 unspecified atom stereocenters. The maximum Gasteiger partial charge on any atom is 0.0835 e. The zero-order chi connectivity index (χ0) is 11.0. The molecule has 0 aliphatic carbocycles. The van der Waals surface area contributed by atoms with Crippen molar-refractivity contribution in [2.24, 2.45) is 0 Å². The Labute approximate surface area is 92.4 Å². The topological polar surface area (TPSA) is 0 Å². The van der Waals surface area contributed by atoms with Gasteiger partial charge in [0.05, 0.1) is 8.07 Å². The molecule has 1 rings (SSSR count). The Balaban J connectivity index is 3.15. The molecule has 0 bridgehead atoms. The van der Waals surface area contributed by atoms with Crippen LogP contribution in [0.3, 0.4) is 0 Å². The second kappa shape index (κ2) is 4.04. The summed E-state index contributed by atoms with van der Waals surface area (Å²) in [6, 6.07) is 2.37. The van der Waals surface area contributed by atoms with Crippen LogP contribution in [0.25, 0.3) is 0 Å². The maximum atomic E-state index is 2.43. The second-order valence-electron chi connectivity index (χ2n) is 5.77. The lowest BCUT2D eigenvalue weighted by Crippen LogP contribution is -2.35. The van der Waals surface area contributed by atoms with Gasteiger partial charge in [0.25, 0.3) is 0 Å². The quantitative estimate of drug-likeness (QED) is 0.627. The van der Waals surface area contributed by atoms with E-state index in [-0.39, 0.29) is 0 Å². The molecule has 1 heterocycles. The molecule has 0 fully saturated rings. The highest BCUT2D eigenvalue weighted by Gasteiger charge is 2.20. The smallest absolute Gasteiger partial charge is 0.0683 e. The van der Waals surface area contributed by atoms with Crippen LogP contribution in [0.15, 0.2) is 11.9 Å². The van der Waals surface area contributed by atoms with Gasteiger partial charge < -0.3 is 0 Å². The largest absolute Gasteiger partial charge is 0.0835 e. The summed E-state index contributed by atoms with van der Waals surface area (Å²) in [5.74, 6) is 2.32. The van der Waals surface area contributed by atoms with E-state index in [0.717, 1.165) is 0 Å². The predicted octanol–water partition coefficient (Wildman–Crippen LogP) is 4.69. The summed E-state index contributed by atoms with van der Waals surface area (Å²) >= 11 is 0. The summed E-state index contributed by atoms with van der Waals surface area (Å²) in [7, 11) is 1.85. The number of hydrogen-bond donors (Lipinski definition) is 0. The van der Waals surface area contributed by atoms with Crippen LogP contribution in [0.2, 0.25) is 19.6 Å². The van der Waals surface area contributed by atoms with Crippen molar-refractivity contribution < 1.29 is 0 Å². The molecule has 14 heavy (non-hydrogen) atoms. The van der Waals surface area contributed by atoms with E-state index in [2.05, 4.69) is 52.3 Å². The van der Waals surface area contributed by atoms with Gasteiger partial charge in [-0.05, 0) is 16.1 Å². The van der Waals surface area contributed by atoms with Crippen LogP contribution in [0.4, 0.5) is 0 Å². The Bertz CT molecular complexity index is 292. The Morgan fingerprint density at radius 1 is 1.14 bits per heavy atom. The highest BCUT2D eigenvalue weighted by Crippen LogP contribution is 2.35. The standard InChI is InChI=1S/C11H20P2Si/c1-11(2,3)10-12-8-7-9(13-10)14(4,5)6/h7-8H,1-6H3. The molecular formula is C11H20P2Si. The first kappa shape index (κ1) is 12.4. The first-order valence-electron chi connectivity index (χ1n) is 5.05. The van der Waals surface area contributed by atoms with Crippen molar-refractivity contribution in [2.75, 3.05) is 0 Å². The van der Waals surface area contributed by atoms with Gasteiger partial charge in [0, 0.05) is 5.03 Å². The predicted molar refractivity (Wildman–Crippen MR) is 73.1 cm³/mol. The van der Waals surface area contributed by atoms with Crippen LogP contribution in [0, 0.1) is 0 Å². The third-order valence-electron chi connectivity index (χ3n) is 2.09. The van der Waals surface area contributed by atoms with Gasteiger partial charge in [0.2, 0.25) is 0 Å². The summed E-state index contributed by atoms with van der Waals surface area (Å²) in [4.78, 5) is 1.68. The molecule has 0 spiro atoms. The molecule has 0 N–H and O–H groups in total. The van der Waals surface area contributed by atoms with Gasteiger partial charge in [0.15, 0.2) is 0 Å². The fraction of sp³-hybridized carbons (Fsp3) is 0.636. The first-order valence-corrected chi connectivity index (χ1v) is 10.4. The van der Waals surface area contributed by atoms with Crippen molar-refractivity contribution in [2.45, 2.75) is 45.8 Å². The molecule has 0 aliphatic heterocycles. The molecular weight excluding hydrogens is 222 g/mol. The molecule has 0 saturated heterocycles. The van der Waals surface area contributed by atoms with Gasteiger partial charge in [-0.25, -0.2) is 0 Å². The molecule has 0 radical (unpaired) electrons. The number of hydrogen-bond acceptors (Lipinski definition) is 0. The lowest BCUT2D eigenvalue weighted by molar-refractivity contribution is 0.615. The maximum absolute atomic E-state index is 2.43. The van der Waals surface area contributed by atoms with Crippen LogP contribution in [-0.4, -0.2) is 8.07 Å². The number of rotatable bonds is 1. The summed E-state index contributed by atoms with van der Waals surface area (Å²) in [6.07, 6.45) is 0. The molecule has 0 aliphatic rings. The van der Waals surface area contributed by atoms with E-state index in [1.54, 1.807) is 9.95 Å². The Kier molecular flexibility index (Phi) is 3.57. The van der Waals surface area contributed by atoms with Crippen molar-refractivity contribution in [3.8, 4) is 0 Å². The lowest BCUT2D eigenvalue weighted by Gasteiger charge is -2.22. The molecule has 0 atom stereocenters. The van der Waals surface area contributed by atoms with E-state index in [0.29, 0.717) is 5.41 Å². The molecule has 1 aromatic heterocycles. The van der Waals surface area contributed by atoms with Gasteiger partial charge in [-0.15, -0.1) is 0 Å². The van der Waals surface area contributed by atoms with Crippen molar-refractivity contribution in [1.29, 1.82) is 0 Å². The average molecular weight is 242 g/mol. The van der Waals surface area contributed by atoms with Gasteiger partial charge in [-0.3, -0.25) is 0 Å². The van der Waals surface area contributed by atoms with E-state index >= 15 is 0 Å². The highest BCUT2D eigenvalue weighted by atomic mass is 31.1. The van der Waals surface area contributed by atoms with E-state index in [9.17, 15) is 0 Å². The molecule has 0 aromatic carbocycles. The van der Waals surface area contributed by atoms with Gasteiger partial charge in [0.1, 0.15) is 0 Å². The SMILES string of the molecule is CC(C)(C)c1pccc([Si](C)(C)C)p1. The third kappa shape index (κ3) is 3.16. The zero-order valence-corrected chi connectivity index (χ0v) is 12.8.